The van der Waals surface area contributed by atoms with Crippen molar-refractivity contribution in [1.29, 1.82) is 0 Å². The number of aliphatic hydroxyl groups is 1. The second-order valence-electron chi connectivity index (χ2n) is 7.99. The van der Waals surface area contributed by atoms with E-state index in [2.05, 4.69) is 15.6 Å². The number of nitrogens with one attached hydrogen (secondary N) is 2. The van der Waals surface area contributed by atoms with E-state index in [9.17, 15) is 27.9 Å². The molecule has 0 bridgehead atoms. The molecular weight excluding hydrogens is 415 g/mol. The molecule has 3 amide bonds. The van der Waals surface area contributed by atoms with E-state index in [1.807, 2.05) is 6.92 Å². The average molecular weight is 437 g/mol. The molecule has 0 saturated carbocycles. The number of nitrogens with zero attached hydrogens (tertiary/aromatic N) is 3. The van der Waals surface area contributed by atoms with Crippen molar-refractivity contribution < 1.29 is 27.9 Å². The van der Waals surface area contributed by atoms with Crippen molar-refractivity contribution in [3.63, 3.8) is 0 Å². The van der Waals surface area contributed by atoms with E-state index >= 15 is 0 Å². The molecule has 3 N–H and O–H groups in total. The topological polar surface area (TPSA) is 97.3 Å². The van der Waals surface area contributed by atoms with Gasteiger partial charge in [0, 0.05) is 42.6 Å². The number of aliphatic hydroxyl groups excluding tert-OH is 1. The number of carbonyl (C=O) groups is 2. The molecule has 1 unspecified atom stereocenters. The van der Waals surface area contributed by atoms with E-state index in [1.54, 1.807) is 6.20 Å². The monoisotopic (exact) mass is 437 g/mol. The molecule has 1 saturated heterocycles. The maximum Gasteiger partial charge on any atom is 0.416 e. The van der Waals surface area contributed by atoms with Gasteiger partial charge in [-0.15, -0.1) is 0 Å². The number of urea groups is 1. The van der Waals surface area contributed by atoms with Gasteiger partial charge in [0.15, 0.2) is 0 Å². The second kappa shape index (κ2) is 7.56. The molecule has 0 radical (unpaired) electrons. The Kier molecular flexibility index (Phi) is 5.16. The fourth-order valence-corrected chi connectivity index (χ4v) is 4.32. The zero-order valence-corrected chi connectivity index (χ0v) is 16.8. The lowest BCUT2D eigenvalue weighted by Crippen LogP contribution is -2.48. The van der Waals surface area contributed by atoms with Crippen molar-refractivity contribution in [2.75, 3.05) is 37.7 Å². The van der Waals surface area contributed by atoms with Crippen molar-refractivity contribution >= 4 is 23.5 Å². The third-order valence-corrected chi connectivity index (χ3v) is 5.93. The highest BCUT2D eigenvalue weighted by molar-refractivity contribution is 6.07. The minimum atomic E-state index is -4.53. The molecule has 8 nitrogen and oxygen atoms in total. The van der Waals surface area contributed by atoms with Crippen LogP contribution in [0, 0.1) is 0 Å². The zero-order valence-electron chi connectivity index (χ0n) is 16.8. The molecule has 4 rings (SSSR count). The molecule has 1 spiro atoms. The second-order valence-corrected chi connectivity index (χ2v) is 7.99. The standard InChI is InChI=1S/C20H22F3N5O3/c1-12-7-25-16(8-24-12)26-18(31)28-11-19(4-5-27(10-19)17(30)9-29)14-6-13(20(21,22)23)2-3-15(14)28/h2-3,6-7,24,29H,4-5,8-11H2,1H3,(H,25,26,31). The van der Waals surface area contributed by atoms with E-state index in [0.29, 0.717) is 36.6 Å². The van der Waals surface area contributed by atoms with Crippen molar-refractivity contribution in [2.24, 2.45) is 4.99 Å². The first-order valence-electron chi connectivity index (χ1n) is 9.79. The molecule has 31 heavy (non-hydrogen) atoms. The number of hydrogen-bond acceptors (Lipinski definition) is 5. The number of likely N-dealkylation sites (tertiary alicyclic amines) is 1. The summed E-state index contributed by atoms with van der Waals surface area (Å²) in [5.74, 6) is -0.0911. The Bertz CT molecular complexity index is 991. The number of aliphatic imine (C=N–C) groups is 1. The third kappa shape index (κ3) is 3.85. The Balaban J connectivity index is 1.67. The molecule has 3 aliphatic rings. The lowest BCUT2D eigenvalue weighted by molar-refractivity contribution is -0.137. The summed E-state index contributed by atoms with van der Waals surface area (Å²) < 4.78 is 40.1. The van der Waals surface area contributed by atoms with Gasteiger partial charge in [-0.05, 0) is 37.1 Å². The zero-order chi connectivity index (χ0) is 22.4. The van der Waals surface area contributed by atoms with Gasteiger partial charge < -0.3 is 15.3 Å². The normalized spacial score (nSPS) is 22.7. The van der Waals surface area contributed by atoms with Gasteiger partial charge in [0.25, 0.3) is 0 Å². The van der Waals surface area contributed by atoms with Gasteiger partial charge in [0.2, 0.25) is 5.91 Å². The van der Waals surface area contributed by atoms with Crippen LogP contribution in [0.3, 0.4) is 0 Å². The van der Waals surface area contributed by atoms with Gasteiger partial charge in [-0.3, -0.25) is 15.0 Å². The van der Waals surface area contributed by atoms with E-state index in [1.165, 1.54) is 15.9 Å². The van der Waals surface area contributed by atoms with Crippen LogP contribution in [0.2, 0.25) is 0 Å². The Morgan fingerprint density at radius 1 is 1.32 bits per heavy atom. The Morgan fingerprint density at radius 3 is 2.74 bits per heavy atom. The minimum Gasteiger partial charge on any atom is -0.387 e. The van der Waals surface area contributed by atoms with Crippen LogP contribution in [-0.4, -0.2) is 60.6 Å². The summed E-state index contributed by atoms with van der Waals surface area (Å²) in [5.41, 5.74) is -0.0314. The van der Waals surface area contributed by atoms with E-state index in [0.717, 1.165) is 17.8 Å². The first-order chi connectivity index (χ1) is 14.6. The fourth-order valence-electron chi connectivity index (χ4n) is 4.32. The highest BCUT2D eigenvalue weighted by Gasteiger charge is 2.50. The lowest BCUT2D eigenvalue weighted by Gasteiger charge is -2.26. The van der Waals surface area contributed by atoms with Crippen LogP contribution in [0.1, 0.15) is 24.5 Å². The Hall–Kier alpha value is -3.08. The number of fused-ring (bicyclic) bond motifs is 2. The van der Waals surface area contributed by atoms with Gasteiger partial charge >= 0.3 is 12.2 Å². The number of allylic oxidation sites excluding steroid dienone is 1. The van der Waals surface area contributed by atoms with Crippen LogP contribution < -0.4 is 15.5 Å². The number of halogens is 3. The maximum absolute atomic E-state index is 13.4. The van der Waals surface area contributed by atoms with E-state index in [4.69, 9.17) is 0 Å². The van der Waals surface area contributed by atoms with Crippen LogP contribution in [0.25, 0.3) is 0 Å². The quantitative estimate of drug-likeness (QED) is 0.621. The highest BCUT2D eigenvalue weighted by atomic mass is 19.4. The molecule has 11 heteroatoms. The molecule has 1 atom stereocenters. The number of carbonyl (C=O) groups excluding carboxylic acids is 2. The number of amidine groups is 1. The van der Waals surface area contributed by atoms with Gasteiger partial charge in [-0.2, -0.15) is 13.2 Å². The number of rotatable bonds is 1. The summed E-state index contributed by atoms with van der Waals surface area (Å²) in [6, 6.07) is 2.82. The molecule has 0 aromatic heterocycles. The lowest BCUT2D eigenvalue weighted by atomic mass is 9.81. The molecule has 0 aliphatic carbocycles. The van der Waals surface area contributed by atoms with Crippen molar-refractivity contribution in [1.82, 2.24) is 15.5 Å². The first-order valence-corrected chi connectivity index (χ1v) is 9.79. The largest absolute Gasteiger partial charge is 0.416 e. The summed E-state index contributed by atoms with van der Waals surface area (Å²) in [4.78, 5) is 32.0. The molecule has 1 fully saturated rings. The van der Waals surface area contributed by atoms with Crippen LogP contribution in [0.4, 0.5) is 23.7 Å². The summed E-state index contributed by atoms with van der Waals surface area (Å²) in [6.07, 6.45) is -2.57. The first kappa shape index (κ1) is 21.2. The van der Waals surface area contributed by atoms with Crippen LogP contribution >= 0.6 is 0 Å². The van der Waals surface area contributed by atoms with Crippen LogP contribution in [0.5, 0.6) is 0 Å². The number of benzene rings is 1. The number of amides is 3. The van der Waals surface area contributed by atoms with Crippen molar-refractivity contribution in [2.45, 2.75) is 24.9 Å². The molecule has 1 aromatic rings. The summed E-state index contributed by atoms with van der Waals surface area (Å²) >= 11 is 0. The number of alkyl halides is 3. The number of anilines is 1. The van der Waals surface area contributed by atoms with Gasteiger partial charge in [0.1, 0.15) is 12.4 Å². The van der Waals surface area contributed by atoms with Crippen LogP contribution in [0.15, 0.2) is 35.1 Å². The van der Waals surface area contributed by atoms with Gasteiger partial charge in [0.05, 0.1) is 12.1 Å². The minimum absolute atomic E-state index is 0.125. The third-order valence-electron chi connectivity index (χ3n) is 5.93. The molecular formula is C20H22F3N5O3. The SMILES string of the molecule is CC1=CN=C(NC(=O)N2CC3(CCN(C(=O)CO)C3)c3cc(C(F)(F)F)ccc32)CN1. The summed E-state index contributed by atoms with van der Waals surface area (Å²) in [5, 5.41) is 14.9. The number of hydrogen-bond donors (Lipinski definition) is 3. The van der Waals surface area contributed by atoms with E-state index in [-0.39, 0.29) is 13.1 Å². The predicted octanol–water partition coefficient (Wildman–Crippen LogP) is 1.56. The van der Waals surface area contributed by atoms with Crippen molar-refractivity contribution in [3.05, 3.63) is 41.2 Å². The van der Waals surface area contributed by atoms with Crippen LogP contribution in [-0.2, 0) is 16.4 Å². The molecule has 3 heterocycles. The van der Waals surface area contributed by atoms with Crippen molar-refractivity contribution in [3.8, 4) is 0 Å². The Labute approximate surface area is 176 Å². The predicted molar refractivity (Wildman–Crippen MR) is 106 cm³/mol. The summed E-state index contributed by atoms with van der Waals surface area (Å²) in [6.45, 7) is 2.04. The maximum atomic E-state index is 13.4. The summed E-state index contributed by atoms with van der Waals surface area (Å²) in [7, 11) is 0. The average Bonchev–Trinajstić information content (AvgIpc) is 3.31. The molecule has 3 aliphatic heterocycles. The van der Waals surface area contributed by atoms with E-state index < -0.39 is 35.7 Å². The molecule has 166 valence electrons. The smallest absolute Gasteiger partial charge is 0.387 e. The fraction of sp³-hybridized carbons (Fsp3) is 0.450. The Morgan fingerprint density at radius 2 is 2.10 bits per heavy atom. The highest BCUT2D eigenvalue weighted by Crippen LogP contribution is 2.48. The van der Waals surface area contributed by atoms with Gasteiger partial charge in [-0.1, -0.05) is 0 Å². The molecule has 1 aromatic carbocycles. The van der Waals surface area contributed by atoms with Gasteiger partial charge in [-0.25, -0.2) is 9.79 Å².